The number of hydrogen-bond donors (Lipinski definition) is 0. The zero-order valence-corrected chi connectivity index (χ0v) is 13.2. The van der Waals surface area contributed by atoms with Gasteiger partial charge in [-0.3, -0.25) is 0 Å². The summed E-state index contributed by atoms with van der Waals surface area (Å²) in [6.45, 7) is 1.89. The maximum atomic E-state index is 12.2. The minimum atomic E-state index is -3.83. The second-order valence-corrected chi connectivity index (χ2v) is 6.19. The molecule has 0 fully saturated rings. The van der Waals surface area contributed by atoms with E-state index in [1.165, 1.54) is 17.1 Å². The Morgan fingerprint density at radius 2 is 1.65 bits per heavy atom. The first-order valence-corrected chi connectivity index (χ1v) is 8.22. The lowest BCUT2D eigenvalue weighted by Crippen LogP contribution is -2.05. The number of rotatable bonds is 4. The average Bonchev–Trinajstić information content (AvgIpc) is 2.46. The summed E-state index contributed by atoms with van der Waals surface area (Å²) >= 11 is 3.14. The molecule has 0 bridgehead atoms. The minimum Gasteiger partial charge on any atom is -0.378 e. The van der Waals surface area contributed by atoms with Crippen LogP contribution < -0.4 is 0 Å². The van der Waals surface area contributed by atoms with Crippen molar-refractivity contribution in [2.45, 2.75) is 11.8 Å². The second-order valence-electron chi connectivity index (χ2n) is 4.19. The summed E-state index contributed by atoms with van der Waals surface area (Å²) in [7, 11) is -3.83. The van der Waals surface area contributed by atoms with Crippen molar-refractivity contribution in [2.24, 2.45) is 0 Å². The molecule has 20 heavy (non-hydrogen) atoms. The average molecular weight is 353 g/mol. The molecule has 0 saturated heterocycles. The van der Waals surface area contributed by atoms with Crippen molar-refractivity contribution < 1.29 is 12.6 Å². The Morgan fingerprint density at radius 3 is 2.20 bits per heavy atom. The molecule has 0 saturated carbocycles. The van der Waals surface area contributed by atoms with Gasteiger partial charge in [0.25, 0.3) is 0 Å². The van der Waals surface area contributed by atoms with Crippen LogP contribution in [0.1, 0.15) is 11.1 Å². The van der Waals surface area contributed by atoms with Gasteiger partial charge >= 0.3 is 10.1 Å². The van der Waals surface area contributed by atoms with Crippen LogP contribution in [0, 0.1) is 6.92 Å². The molecule has 0 atom stereocenters. The fourth-order valence-corrected chi connectivity index (χ4v) is 3.03. The van der Waals surface area contributed by atoms with Crippen LogP contribution in [0.5, 0.6) is 0 Å². The molecule has 2 rings (SSSR count). The summed E-state index contributed by atoms with van der Waals surface area (Å²) in [5.74, 6) is 0.242. The molecule has 0 radical (unpaired) electrons. The lowest BCUT2D eigenvalue weighted by Gasteiger charge is -2.10. The van der Waals surface area contributed by atoms with E-state index in [2.05, 4.69) is 15.9 Å². The molecule has 104 valence electrons. The Kier molecular flexibility index (Phi) is 4.62. The minimum absolute atomic E-state index is 0.130. The maximum Gasteiger partial charge on any atom is 0.339 e. The molecule has 2 aromatic rings. The van der Waals surface area contributed by atoms with Gasteiger partial charge < -0.3 is 4.18 Å². The number of halogens is 1. The monoisotopic (exact) mass is 352 g/mol. The summed E-state index contributed by atoms with van der Waals surface area (Å²) in [6, 6.07) is 15.6. The molecule has 5 heteroatoms. The van der Waals surface area contributed by atoms with E-state index in [1.807, 2.05) is 25.1 Å². The van der Waals surface area contributed by atoms with Gasteiger partial charge in [-0.05, 0) is 19.1 Å². The third-order valence-electron chi connectivity index (χ3n) is 2.67. The van der Waals surface area contributed by atoms with E-state index in [0.717, 1.165) is 5.56 Å². The molecule has 0 N–H and O–H groups in total. The molecule has 0 aliphatic carbocycles. The van der Waals surface area contributed by atoms with E-state index in [-0.39, 0.29) is 10.7 Å². The van der Waals surface area contributed by atoms with Crippen LogP contribution >= 0.6 is 15.9 Å². The fourth-order valence-electron chi connectivity index (χ4n) is 1.60. The van der Waals surface area contributed by atoms with Crippen LogP contribution in [0.2, 0.25) is 0 Å². The van der Waals surface area contributed by atoms with E-state index < -0.39 is 10.1 Å². The molecule has 0 aliphatic heterocycles. The van der Waals surface area contributed by atoms with Crippen molar-refractivity contribution >= 4 is 31.8 Å². The van der Waals surface area contributed by atoms with Crippen molar-refractivity contribution in [3.05, 3.63) is 70.7 Å². The molecular formula is C15H13BrO3S. The van der Waals surface area contributed by atoms with E-state index in [1.54, 1.807) is 24.3 Å². The summed E-state index contributed by atoms with van der Waals surface area (Å²) in [5, 5.41) is 0. The van der Waals surface area contributed by atoms with Crippen LogP contribution in [-0.4, -0.2) is 8.42 Å². The zero-order chi connectivity index (χ0) is 14.6. The largest absolute Gasteiger partial charge is 0.378 e. The topological polar surface area (TPSA) is 43.4 Å². The third-order valence-corrected chi connectivity index (χ3v) is 4.33. The standard InChI is InChI=1S/C15H13BrO3S/c1-12-7-9-14(10-8-12)20(17,18)19-15(11-16)13-5-3-2-4-6-13/h2-11H,1H3/b15-11+. The van der Waals surface area contributed by atoms with E-state index in [9.17, 15) is 8.42 Å². The Labute approximate surface area is 127 Å². The molecular weight excluding hydrogens is 340 g/mol. The van der Waals surface area contributed by atoms with Crippen LogP contribution in [0.15, 0.2) is 64.5 Å². The van der Waals surface area contributed by atoms with Gasteiger partial charge in [-0.2, -0.15) is 8.42 Å². The quantitative estimate of drug-likeness (QED) is 0.614. The molecule has 0 amide bonds. The number of benzene rings is 2. The van der Waals surface area contributed by atoms with Crippen LogP contribution in [0.4, 0.5) is 0 Å². The van der Waals surface area contributed by atoms with Gasteiger partial charge in [0.15, 0.2) is 5.76 Å². The Morgan fingerprint density at radius 1 is 1.05 bits per heavy atom. The number of hydrogen-bond acceptors (Lipinski definition) is 3. The first kappa shape index (κ1) is 14.8. The molecule has 0 unspecified atom stereocenters. The highest BCUT2D eigenvalue weighted by Crippen LogP contribution is 2.24. The Hall–Kier alpha value is -1.59. The highest BCUT2D eigenvalue weighted by Gasteiger charge is 2.18. The van der Waals surface area contributed by atoms with E-state index in [0.29, 0.717) is 5.56 Å². The molecule has 0 heterocycles. The van der Waals surface area contributed by atoms with Crippen molar-refractivity contribution in [3.63, 3.8) is 0 Å². The van der Waals surface area contributed by atoms with Gasteiger partial charge in [-0.1, -0.05) is 64.0 Å². The summed E-state index contributed by atoms with van der Waals surface area (Å²) < 4.78 is 29.6. The first-order chi connectivity index (χ1) is 9.53. The van der Waals surface area contributed by atoms with Gasteiger partial charge in [0.2, 0.25) is 0 Å². The number of aryl methyl sites for hydroxylation is 1. The van der Waals surface area contributed by atoms with Gasteiger partial charge in [0, 0.05) is 10.5 Å². The summed E-state index contributed by atoms with van der Waals surface area (Å²) in [5.41, 5.74) is 1.67. The van der Waals surface area contributed by atoms with Gasteiger partial charge in [-0.15, -0.1) is 0 Å². The third kappa shape index (κ3) is 3.49. The van der Waals surface area contributed by atoms with Gasteiger partial charge in [0.05, 0.1) is 0 Å². The van der Waals surface area contributed by atoms with Crippen molar-refractivity contribution in [1.82, 2.24) is 0 Å². The van der Waals surface area contributed by atoms with Crippen LogP contribution in [0.25, 0.3) is 5.76 Å². The molecule has 0 spiro atoms. The van der Waals surface area contributed by atoms with Gasteiger partial charge in [-0.25, -0.2) is 0 Å². The lowest BCUT2D eigenvalue weighted by atomic mass is 10.2. The van der Waals surface area contributed by atoms with E-state index in [4.69, 9.17) is 4.18 Å². The molecule has 3 nitrogen and oxygen atoms in total. The van der Waals surface area contributed by atoms with Crippen LogP contribution in [0.3, 0.4) is 0 Å². The summed E-state index contributed by atoms with van der Waals surface area (Å²) in [6.07, 6.45) is 0. The van der Waals surface area contributed by atoms with E-state index >= 15 is 0 Å². The normalized spacial score (nSPS) is 12.2. The molecule has 2 aromatic carbocycles. The highest BCUT2D eigenvalue weighted by atomic mass is 79.9. The first-order valence-electron chi connectivity index (χ1n) is 5.90. The lowest BCUT2D eigenvalue weighted by molar-refractivity contribution is 0.464. The molecule has 0 aromatic heterocycles. The van der Waals surface area contributed by atoms with Crippen molar-refractivity contribution in [3.8, 4) is 0 Å². The predicted octanol–water partition coefficient (Wildman–Crippen LogP) is 4.09. The predicted molar refractivity (Wildman–Crippen MR) is 82.8 cm³/mol. The zero-order valence-electron chi connectivity index (χ0n) is 10.8. The van der Waals surface area contributed by atoms with Crippen LogP contribution in [-0.2, 0) is 14.3 Å². The van der Waals surface area contributed by atoms with Crippen molar-refractivity contribution in [1.29, 1.82) is 0 Å². The Balaban J connectivity index is 2.30. The fraction of sp³-hybridized carbons (Fsp3) is 0.0667. The van der Waals surface area contributed by atoms with Gasteiger partial charge in [0.1, 0.15) is 4.90 Å². The smallest absolute Gasteiger partial charge is 0.339 e. The highest BCUT2D eigenvalue weighted by molar-refractivity contribution is 9.11. The molecule has 0 aliphatic rings. The summed E-state index contributed by atoms with van der Waals surface area (Å²) in [4.78, 5) is 1.58. The maximum absolute atomic E-state index is 12.2. The second kappa shape index (κ2) is 6.24. The SMILES string of the molecule is Cc1ccc(S(=O)(=O)O/C(=C/Br)c2ccccc2)cc1. The van der Waals surface area contributed by atoms with Crippen molar-refractivity contribution in [2.75, 3.05) is 0 Å². The Bertz CT molecular complexity index is 705.